The van der Waals surface area contributed by atoms with Gasteiger partial charge in [-0.05, 0) is 6.92 Å². The summed E-state index contributed by atoms with van der Waals surface area (Å²) >= 11 is 0. The van der Waals surface area contributed by atoms with E-state index in [4.69, 9.17) is 5.11 Å². The van der Waals surface area contributed by atoms with Crippen LogP contribution in [-0.4, -0.2) is 74.2 Å². The number of carboxylic acids is 1. The van der Waals surface area contributed by atoms with Crippen LogP contribution in [0.3, 0.4) is 0 Å². The summed E-state index contributed by atoms with van der Waals surface area (Å²) in [6.45, 7) is 1.42. The van der Waals surface area contributed by atoms with Gasteiger partial charge in [0.25, 0.3) is 0 Å². The lowest BCUT2D eigenvalue weighted by molar-refractivity contribution is -0.138. The Hall–Kier alpha value is -0.710. The van der Waals surface area contributed by atoms with Gasteiger partial charge in [-0.3, -0.25) is 4.79 Å². The van der Waals surface area contributed by atoms with Crippen molar-refractivity contribution in [3.8, 4) is 0 Å². The molecule has 0 aliphatic carbocycles. The molecule has 1 heterocycles. The number of sulfonamides is 2. The second-order valence-electron chi connectivity index (χ2n) is 4.77. The highest BCUT2D eigenvalue weighted by Gasteiger charge is 2.40. The van der Waals surface area contributed by atoms with E-state index in [0.717, 1.165) is 21.1 Å². The fraction of sp³-hybridized carbons (Fsp3) is 0.889. The first-order chi connectivity index (χ1) is 8.43. The van der Waals surface area contributed by atoms with Gasteiger partial charge in [-0.2, -0.15) is 8.61 Å². The number of rotatable bonds is 4. The van der Waals surface area contributed by atoms with Crippen LogP contribution < -0.4 is 0 Å². The molecule has 10 heteroatoms. The van der Waals surface area contributed by atoms with Gasteiger partial charge < -0.3 is 5.11 Å². The topological polar surface area (TPSA) is 112 Å². The third kappa shape index (κ3) is 4.13. The molecule has 112 valence electrons. The predicted molar refractivity (Wildman–Crippen MR) is 68.6 cm³/mol. The Kier molecular flexibility index (Phi) is 4.60. The Labute approximate surface area is 113 Å². The van der Waals surface area contributed by atoms with E-state index in [9.17, 15) is 21.6 Å². The zero-order valence-electron chi connectivity index (χ0n) is 11.0. The van der Waals surface area contributed by atoms with E-state index in [0.29, 0.717) is 0 Å². The smallest absolute Gasteiger partial charge is 0.305 e. The average Bonchev–Trinajstić information content (AvgIpc) is 2.16. The van der Waals surface area contributed by atoms with Crippen LogP contribution in [-0.2, 0) is 24.8 Å². The first-order valence-corrected chi connectivity index (χ1v) is 9.28. The molecule has 0 amide bonds. The fourth-order valence-corrected chi connectivity index (χ4v) is 4.55. The van der Waals surface area contributed by atoms with Crippen molar-refractivity contribution in [2.75, 3.05) is 25.6 Å². The van der Waals surface area contributed by atoms with Gasteiger partial charge >= 0.3 is 5.97 Å². The molecule has 0 unspecified atom stereocenters. The van der Waals surface area contributed by atoms with Crippen molar-refractivity contribution in [1.29, 1.82) is 0 Å². The highest BCUT2D eigenvalue weighted by Crippen LogP contribution is 2.22. The number of aliphatic carboxylic acids is 1. The lowest BCUT2D eigenvalue weighted by Gasteiger charge is -2.42. The summed E-state index contributed by atoms with van der Waals surface area (Å²) in [7, 11) is -7.07. The lowest BCUT2D eigenvalue weighted by Crippen LogP contribution is -2.60. The molecule has 1 rings (SSSR count). The lowest BCUT2D eigenvalue weighted by atomic mass is 10.1. The Morgan fingerprint density at radius 1 is 1.11 bits per heavy atom. The minimum Gasteiger partial charge on any atom is -0.481 e. The Morgan fingerprint density at radius 2 is 1.58 bits per heavy atom. The van der Waals surface area contributed by atoms with E-state index < -0.39 is 44.5 Å². The van der Waals surface area contributed by atoms with Gasteiger partial charge in [0.05, 0.1) is 18.9 Å². The highest BCUT2D eigenvalue weighted by molar-refractivity contribution is 7.88. The second kappa shape index (κ2) is 5.35. The van der Waals surface area contributed by atoms with Crippen molar-refractivity contribution in [3.63, 3.8) is 0 Å². The van der Waals surface area contributed by atoms with Crippen LogP contribution in [0.15, 0.2) is 0 Å². The molecule has 1 saturated heterocycles. The van der Waals surface area contributed by atoms with E-state index in [1.807, 2.05) is 0 Å². The summed E-state index contributed by atoms with van der Waals surface area (Å²) in [4.78, 5) is 10.8. The molecule has 0 spiro atoms. The molecule has 1 aliphatic heterocycles. The highest BCUT2D eigenvalue weighted by atomic mass is 32.2. The molecular weight excluding hydrogens is 296 g/mol. The molecule has 0 aromatic carbocycles. The molecule has 0 aromatic heterocycles. The van der Waals surface area contributed by atoms with Crippen molar-refractivity contribution in [3.05, 3.63) is 0 Å². The number of nitrogens with zero attached hydrogens (tertiary/aromatic N) is 2. The predicted octanol–water partition coefficient (Wildman–Crippen LogP) is -1.24. The van der Waals surface area contributed by atoms with Crippen LogP contribution >= 0.6 is 0 Å². The minimum atomic E-state index is -3.57. The van der Waals surface area contributed by atoms with Gasteiger partial charge in [-0.15, -0.1) is 0 Å². The molecule has 0 bridgehead atoms. The monoisotopic (exact) mass is 314 g/mol. The van der Waals surface area contributed by atoms with Gasteiger partial charge in [0, 0.05) is 25.2 Å². The summed E-state index contributed by atoms with van der Waals surface area (Å²) in [5.74, 6) is -1.17. The van der Waals surface area contributed by atoms with E-state index in [1.54, 1.807) is 6.92 Å². The molecule has 0 saturated carbocycles. The van der Waals surface area contributed by atoms with Crippen LogP contribution in [0.4, 0.5) is 0 Å². The van der Waals surface area contributed by atoms with Crippen molar-refractivity contribution in [2.24, 2.45) is 0 Å². The fourth-order valence-electron chi connectivity index (χ4n) is 2.22. The van der Waals surface area contributed by atoms with E-state index in [1.165, 1.54) is 0 Å². The number of hydrogen-bond acceptors (Lipinski definition) is 5. The first kappa shape index (κ1) is 16.3. The Bertz CT molecular complexity index is 555. The largest absolute Gasteiger partial charge is 0.481 e. The van der Waals surface area contributed by atoms with Crippen molar-refractivity contribution < 1.29 is 26.7 Å². The molecule has 1 N–H and O–H groups in total. The maximum Gasteiger partial charge on any atom is 0.305 e. The number of carbonyl (C=O) groups is 1. The maximum absolute atomic E-state index is 11.6. The number of piperazine rings is 1. The molecule has 1 fully saturated rings. The molecule has 8 nitrogen and oxygen atoms in total. The molecule has 0 radical (unpaired) electrons. The first-order valence-electron chi connectivity index (χ1n) is 5.58. The maximum atomic E-state index is 11.6. The molecule has 0 aromatic rings. The third-order valence-corrected chi connectivity index (χ3v) is 5.66. The van der Waals surface area contributed by atoms with Gasteiger partial charge in [0.1, 0.15) is 0 Å². The van der Waals surface area contributed by atoms with E-state index >= 15 is 0 Å². The summed E-state index contributed by atoms with van der Waals surface area (Å²) in [6.07, 6.45) is 1.59. The molecule has 2 atom stereocenters. The van der Waals surface area contributed by atoms with Gasteiger partial charge in [-0.25, -0.2) is 16.8 Å². The van der Waals surface area contributed by atoms with Crippen molar-refractivity contribution in [2.45, 2.75) is 25.4 Å². The van der Waals surface area contributed by atoms with Crippen LogP contribution in [0.2, 0.25) is 0 Å². The number of carboxylic acid groups (broad SMARTS) is 1. The van der Waals surface area contributed by atoms with Crippen molar-refractivity contribution in [1.82, 2.24) is 8.61 Å². The minimum absolute atomic E-state index is 0.0378. The molecule has 19 heavy (non-hydrogen) atoms. The standard InChI is InChI=1S/C9H18N2O6S2/c1-7-5-11(19(3,16)17)8(4-9(12)13)6-10(7)18(2,14)15/h7-8H,4-6H2,1-3H3,(H,12,13)/t7-,8-/m0/s1. The van der Waals surface area contributed by atoms with Gasteiger partial charge in [0.15, 0.2) is 0 Å². The summed E-state index contributed by atoms with van der Waals surface area (Å²) < 4.78 is 48.7. The SMILES string of the molecule is C[C@H]1CN(S(C)(=O)=O)[C@@H](CC(=O)O)CN1S(C)(=O)=O. The summed E-state index contributed by atoms with van der Waals surface area (Å²) in [5, 5.41) is 8.81. The quantitative estimate of drug-likeness (QED) is 0.694. The van der Waals surface area contributed by atoms with Gasteiger partial charge in [0.2, 0.25) is 20.0 Å². The molecule has 1 aliphatic rings. The Morgan fingerprint density at radius 3 is 1.95 bits per heavy atom. The van der Waals surface area contributed by atoms with Crippen molar-refractivity contribution >= 4 is 26.0 Å². The van der Waals surface area contributed by atoms with Crippen LogP contribution in [0.5, 0.6) is 0 Å². The Balaban J connectivity index is 3.09. The molecular formula is C9H18N2O6S2. The third-order valence-electron chi connectivity index (χ3n) is 3.00. The van der Waals surface area contributed by atoms with Crippen LogP contribution in [0.1, 0.15) is 13.3 Å². The number of hydrogen-bond donors (Lipinski definition) is 1. The second-order valence-corrected chi connectivity index (χ2v) is 8.64. The zero-order chi connectivity index (χ0) is 15.0. The van der Waals surface area contributed by atoms with Crippen LogP contribution in [0, 0.1) is 0 Å². The average molecular weight is 314 g/mol. The van der Waals surface area contributed by atoms with Gasteiger partial charge in [-0.1, -0.05) is 0 Å². The van der Waals surface area contributed by atoms with E-state index in [-0.39, 0.29) is 13.1 Å². The normalized spacial score (nSPS) is 27.3. The zero-order valence-corrected chi connectivity index (χ0v) is 12.6. The summed E-state index contributed by atoms with van der Waals surface area (Å²) in [6, 6.07) is -1.40. The van der Waals surface area contributed by atoms with E-state index in [2.05, 4.69) is 0 Å². The van der Waals surface area contributed by atoms with Crippen LogP contribution in [0.25, 0.3) is 0 Å². The summed E-state index contributed by atoms with van der Waals surface area (Å²) in [5.41, 5.74) is 0.